The average molecular weight is 427 g/mol. The fourth-order valence-electron chi connectivity index (χ4n) is 1.96. The summed E-state index contributed by atoms with van der Waals surface area (Å²) in [4.78, 5) is 53.1. The molecule has 0 bridgehead atoms. The molecule has 1 rings (SSSR count). The molecule has 0 aliphatic carbocycles. The van der Waals surface area contributed by atoms with E-state index in [2.05, 4.69) is 10.6 Å². The van der Waals surface area contributed by atoms with Gasteiger partial charge in [0, 0.05) is 19.8 Å². The fraction of sp³-hybridized carbons (Fsp3) is 0.389. The normalized spacial score (nSPS) is 11.8. The van der Waals surface area contributed by atoms with Crippen LogP contribution in [0.15, 0.2) is 24.3 Å². The Bertz CT molecular complexity index is 736. The summed E-state index contributed by atoms with van der Waals surface area (Å²) in [6, 6.07) is 3.64. The van der Waals surface area contributed by atoms with Crippen LogP contribution >= 0.6 is 0 Å². The molecule has 0 heterocycles. The van der Waals surface area contributed by atoms with E-state index in [0.717, 1.165) is 0 Å². The highest BCUT2D eigenvalue weighted by Crippen LogP contribution is 2.11. The van der Waals surface area contributed by atoms with Crippen molar-refractivity contribution >= 4 is 29.7 Å². The summed E-state index contributed by atoms with van der Waals surface area (Å²) >= 11 is 0. The molecule has 30 heavy (non-hydrogen) atoms. The van der Waals surface area contributed by atoms with Gasteiger partial charge in [-0.3, -0.25) is 19.2 Å². The highest BCUT2D eigenvalue weighted by atomic mass is 16.4. The second kappa shape index (κ2) is 13.5. The summed E-state index contributed by atoms with van der Waals surface area (Å²) in [5.74, 6) is -4.33. The van der Waals surface area contributed by atoms with E-state index in [9.17, 15) is 29.1 Å². The van der Waals surface area contributed by atoms with Gasteiger partial charge in [0.2, 0.25) is 11.8 Å². The number of phenols is 1. The van der Waals surface area contributed by atoms with E-state index >= 15 is 0 Å². The maximum atomic E-state index is 11.8. The van der Waals surface area contributed by atoms with E-state index in [4.69, 9.17) is 21.1 Å². The van der Waals surface area contributed by atoms with Crippen molar-refractivity contribution in [1.82, 2.24) is 10.6 Å². The minimum atomic E-state index is -1.23. The first-order chi connectivity index (χ1) is 13.9. The number of carbonyl (C=O) groups is 5. The lowest BCUT2D eigenvalue weighted by Gasteiger charge is -2.17. The van der Waals surface area contributed by atoms with E-state index in [1.165, 1.54) is 19.1 Å². The van der Waals surface area contributed by atoms with Gasteiger partial charge < -0.3 is 36.8 Å². The monoisotopic (exact) mass is 427 g/mol. The van der Waals surface area contributed by atoms with E-state index in [0.29, 0.717) is 5.56 Å². The van der Waals surface area contributed by atoms with Crippen LogP contribution in [-0.4, -0.2) is 68.8 Å². The van der Waals surface area contributed by atoms with Gasteiger partial charge in [0.05, 0.1) is 6.04 Å². The molecule has 0 aromatic heterocycles. The van der Waals surface area contributed by atoms with E-state index < -0.39 is 35.9 Å². The van der Waals surface area contributed by atoms with Crippen LogP contribution in [0.5, 0.6) is 5.75 Å². The topological polar surface area (TPSA) is 216 Å². The Morgan fingerprint density at radius 3 is 1.97 bits per heavy atom. The Morgan fingerprint density at radius 1 is 1.00 bits per heavy atom. The van der Waals surface area contributed by atoms with Gasteiger partial charge in [-0.05, 0) is 24.1 Å². The first-order valence-corrected chi connectivity index (χ1v) is 8.67. The number of hydrogen-bond acceptors (Lipinski definition) is 7. The molecule has 1 aromatic carbocycles. The van der Waals surface area contributed by atoms with Crippen LogP contribution in [0.25, 0.3) is 0 Å². The van der Waals surface area contributed by atoms with Crippen LogP contribution in [0.4, 0.5) is 0 Å². The third kappa shape index (κ3) is 12.7. The molecule has 0 aliphatic heterocycles. The zero-order chi connectivity index (χ0) is 23.3. The Hall–Kier alpha value is -3.67. The number of carboxylic acids is 3. The van der Waals surface area contributed by atoms with Crippen LogP contribution in [0.3, 0.4) is 0 Å². The first-order valence-electron chi connectivity index (χ1n) is 8.67. The SMILES string of the molecule is CC(=O)NCC(=O)O.N[C@@H](CCC(=O)O)C(=O)N[C@@H](Cc1ccc(O)cc1)C(=O)O. The van der Waals surface area contributed by atoms with Gasteiger partial charge in [0.25, 0.3) is 0 Å². The molecule has 0 saturated heterocycles. The first kappa shape index (κ1) is 26.3. The lowest BCUT2D eigenvalue weighted by Crippen LogP contribution is -2.49. The van der Waals surface area contributed by atoms with Crippen molar-refractivity contribution in [1.29, 1.82) is 0 Å². The number of amides is 2. The number of aromatic hydroxyl groups is 1. The van der Waals surface area contributed by atoms with Crippen molar-refractivity contribution in [3.05, 3.63) is 29.8 Å². The van der Waals surface area contributed by atoms with Gasteiger partial charge in [-0.15, -0.1) is 0 Å². The van der Waals surface area contributed by atoms with Crippen LogP contribution in [-0.2, 0) is 30.4 Å². The third-order valence-electron chi connectivity index (χ3n) is 3.49. The van der Waals surface area contributed by atoms with Crippen molar-refractivity contribution in [2.45, 2.75) is 38.3 Å². The second-order valence-electron chi connectivity index (χ2n) is 6.11. The van der Waals surface area contributed by atoms with Crippen LogP contribution in [0.1, 0.15) is 25.3 Å². The molecule has 0 unspecified atom stereocenters. The highest BCUT2D eigenvalue weighted by molar-refractivity contribution is 5.87. The maximum absolute atomic E-state index is 11.8. The third-order valence-corrected chi connectivity index (χ3v) is 3.49. The summed E-state index contributed by atoms with van der Waals surface area (Å²) in [5, 5.41) is 39.2. The summed E-state index contributed by atoms with van der Waals surface area (Å²) in [6.07, 6.45) is -0.329. The standard InChI is InChI=1S/C14H18N2O6.C4H7NO3/c15-10(5-6-12(18)19)13(20)16-11(14(21)22)7-8-1-3-9(17)4-2-8;1-3(6)5-2-4(7)8/h1-4,10-11,17H,5-7,15H2,(H,16,20)(H,18,19)(H,21,22);2H2,1H3,(H,5,6)(H,7,8)/t10-,11-;/m0./s1. The summed E-state index contributed by atoms with van der Waals surface area (Å²) in [5.41, 5.74) is 6.14. The number of aliphatic carboxylic acids is 3. The fourth-order valence-corrected chi connectivity index (χ4v) is 1.96. The van der Waals surface area contributed by atoms with E-state index in [-0.39, 0.29) is 37.5 Å². The van der Waals surface area contributed by atoms with Crippen LogP contribution in [0, 0.1) is 0 Å². The molecule has 2 atom stereocenters. The molecule has 0 aliphatic rings. The largest absolute Gasteiger partial charge is 0.508 e. The van der Waals surface area contributed by atoms with E-state index in [1.54, 1.807) is 12.1 Å². The quantitative estimate of drug-likeness (QED) is 0.239. The number of rotatable bonds is 10. The smallest absolute Gasteiger partial charge is 0.326 e. The van der Waals surface area contributed by atoms with Gasteiger partial charge >= 0.3 is 17.9 Å². The number of carbonyl (C=O) groups excluding carboxylic acids is 2. The van der Waals surface area contributed by atoms with Crippen molar-refractivity contribution in [2.24, 2.45) is 5.73 Å². The summed E-state index contributed by atoms with van der Waals surface area (Å²) in [6.45, 7) is 0.971. The number of benzene rings is 1. The summed E-state index contributed by atoms with van der Waals surface area (Å²) in [7, 11) is 0. The molecule has 12 heteroatoms. The molecule has 0 fully saturated rings. The zero-order valence-electron chi connectivity index (χ0n) is 16.2. The van der Waals surface area contributed by atoms with E-state index in [1.807, 2.05) is 0 Å². The Morgan fingerprint density at radius 2 is 1.57 bits per heavy atom. The zero-order valence-corrected chi connectivity index (χ0v) is 16.2. The predicted octanol–water partition coefficient (Wildman–Crippen LogP) is -1.10. The molecular weight excluding hydrogens is 402 g/mol. The number of hydrogen-bond donors (Lipinski definition) is 7. The second-order valence-corrected chi connectivity index (χ2v) is 6.11. The number of nitrogens with one attached hydrogen (secondary N) is 2. The van der Waals surface area contributed by atoms with Gasteiger partial charge in [0.15, 0.2) is 0 Å². The lowest BCUT2D eigenvalue weighted by atomic mass is 10.0. The molecule has 0 saturated carbocycles. The van der Waals surface area contributed by atoms with Crippen molar-refractivity contribution < 1.29 is 44.4 Å². The molecule has 0 spiro atoms. The Kier molecular flexibility index (Phi) is 11.8. The molecular formula is C18H25N3O9. The summed E-state index contributed by atoms with van der Waals surface area (Å²) < 4.78 is 0. The molecule has 2 amide bonds. The average Bonchev–Trinajstić information content (AvgIpc) is 2.65. The number of carboxylic acid groups (broad SMARTS) is 3. The van der Waals surface area contributed by atoms with Crippen LogP contribution in [0.2, 0.25) is 0 Å². The minimum Gasteiger partial charge on any atom is -0.508 e. The Labute approximate surface area is 171 Å². The van der Waals surface area contributed by atoms with Crippen LogP contribution < -0.4 is 16.4 Å². The van der Waals surface area contributed by atoms with Gasteiger partial charge in [-0.25, -0.2) is 4.79 Å². The van der Waals surface area contributed by atoms with Gasteiger partial charge in [0.1, 0.15) is 18.3 Å². The predicted molar refractivity (Wildman–Crippen MR) is 103 cm³/mol. The van der Waals surface area contributed by atoms with Crippen molar-refractivity contribution in [3.8, 4) is 5.75 Å². The Balaban J connectivity index is 0.000000890. The molecule has 12 nitrogen and oxygen atoms in total. The molecule has 166 valence electrons. The number of nitrogens with two attached hydrogens (primary N) is 1. The maximum Gasteiger partial charge on any atom is 0.326 e. The molecule has 0 radical (unpaired) electrons. The molecule has 8 N–H and O–H groups in total. The van der Waals surface area contributed by atoms with Crippen molar-refractivity contribution in [3.63, 3.8) is 0 Å². The number of phenolic OH excluding ortho intramolecular Hbond substituents is 1. The highest BCUT2D eigenvalue weighted by Gasteiger charge is 2.23. The lowest BCUT2D eigenvalue weighted by molar-refractivity contribution is -0.142. The minimum absolute atomic E-state index is 0.0208. The molecule has 1 aromatic rings. The van der Waals surface area contributed by atoms with Crippen molar-refractivity contribution in [2.75, 3.05) is 6.54 Å². The van der Waals surface area contributed by atoms with Gasteiger partial charge in [-0.2, -0.15) is 0 Å². The van der Waals surface area contributed by atoms with Gasteiger partial charge in [-0.1, -0.05) is 12.1 Å².